The minimum atomic E-state index is -0.0770. The van der Waals surface area contributed by atoms with E-state index in [9.17, 15) is 4.79 Å². The molecule has 3 N–H and O–H groups in total. The Labute approximate surface area is 132 Å². The van der Waals surface area contributed by atoms with E-state index in [0.29, 0.717) is 29.4 Å². The van der Waals surface area contributed by atoms with Crippen LogP contribution < -0.4 is 11.1 Å². The average molecular weight is 325 g/mol. The smallest absolute Gasteiger partial charge is 0.225 e. The third kappa shape index (κ3) is 5.00. The lowest BCUT2D eigenvalue weighted by Crippen LogP contribution is -2.24. The van der Waals surface area contributed by atoms with Crippen LogP contribution in [-0.2, 0) is 11.3 Å². The van der Waals surface area contributed by atoms with Crippen LogP contribution in [-0.4, -0.2) is 29.4 Å². The zero-order chi connectivity index (χ0) is 15.2. The lowest BCUT2D eigenvalue weighted by atomic mass is 10.2. The lowest BCUT2D eigenvalue weighted by molar-refractivity contribution is -0.116. The highest BCUT2D eigenvalue weighted by atomic mass is 35.5. The fourth-order valence-corrected chi connectivity index (χ4v) is 2.59. The Morgan fingerprint density at radius 2 is 2.33 bits per heavy atom. The van der Waals surface area contributed by atoms with Crippen LogP contribution in [0.3, 0.4) is 0 Å². The number of hydrogen-bond acceptors (Lipinski definition) is 5. The first kappa shape index (κ1) is 15.8. The Hall–Kier alpha value is -1.63. The van der Waals surface area contributed by atoms with E-state index in [1.165, 1.54) is 0 Å². The van der Waals surface area contributed by atoms with Crippen molar-refractivity contribution in [1.82, 2.24) is 9.88 Å². The van der Waals surface area contributed by atoms with E-state index in [-0.39, 0.29) is 5.91 Å². The maximum absolute atomic E-state index is 11.9. The zero-order valence-electron chi connectivity index (χ0n) is 11.7. The van der Waals surface area contributed by atoms with Crippen molar-refractivity contribution in [2.45, 2.75) is 13.0 Å². The maximum atomic E-state index is 11.9. The summed E-state index contributed by atoms with van der Waals surface area (Å²) in [6, 6.07) is 5.02. The highest BCUT2D eigenvalue weighted by Gasteiger charge is 2.08. The van der Waals surface area contributed by atoms with Gasteiger partial charge in [-0.15, -0.1) is 11.3 Å². The van der Waals surface area contributed by atoms with E-state index in [0.717, 1.165) is 12.2 Å². The van der Waals surface area contributed by atoms with Crippen LogP contribution in [0.25, 0.3) is 0 Å². The Balaban J connectivity index is 1.79. The van der Waals surface area contributed by atoms with Crippen LogP contribution in [0.5, 0.6) is 0 Å². The van der Waals surface area contributed by atoms with Gasteiger partial charge in [-0.1, -0.05) is 11.6 Å². The number of nitrogens with one attached hydrogen (secondary N) is 1. The summed E-state index contributed by atoms with van der Waals surface area (Å²) in [5, 5.41) is 5.23. The molecule has 0 spiro atoms. The van der Waals surface area contributed by atoms with Crippen molar-refractivity contribution >= 4 is 40.2 Å². The molecule has 21 heavy (non-hydrogen) atoms. The summed E-state index contributed by atoms with van der Waals surface area (Å²) in [6.45, 7) is 1.38. The van der Waals surface area contributed by atoms with E-state index >= 15 is 0 Å². The molecule has 0 unspecified atom stereocenters. The SMILES string of the molecule is CN(CCC(=O)Nc1ccc(N)cc1Cl)Cc1cscn1. The number of thiazole rings is 1. The molecule has 0 saturated carbocycles. The Morgan fingerprint density at radius 3 is 3.00 bits per heavy atom. The number of carbonyl (C=O) groups excluding carboxylic acids is 1. The van der Waals surface area contributed by atoms with E-state index in [1.54, 1.807) is 35.0 Å². The predicted octanol–water partition coefficient (Wildman–Crippen LogP) is 2.84. The van der Waals surface area contributed by atoms with E-state index in [1.807, 2.05) is 12.4 Å². The van der Waals surface area contributed by atoms with Gasteiger partial charge in [0.25, 0.3) is 0 Å². The number of nitrogen functional groups attached to an aromatic ring is 1. The summed E-state index contributed by atoms with van der Waals surface area (Å²) < 4.78 is 0. The van der Waals surface area contributed by atoms with Crippen molar-refractivity contribution in [2.24, 2.45) is 0 Å². The standard InChI is InChI=1S/C14H17ClN4OS/c1-19(7-11-8-21-9-17-11)5-4-14(20)18-13-3-2-10(16)6-12(13)15/h2-3,6,8-9H,4-5,7,16H2,1H3,(H,18,20). The minimum Gasteiger partial charge on any atom is -0.399 e. The van der Waals surface area contributed by atoms with Crippen molar-refractivity contribution < 1.29 is 4.79 Å². The van der Waals surface area contributed by atoms with Gasteiger partial charge in [0.15, 0.2) is 0 Å². The van der Waals surface area contributed by atoms with Crippen molar-refractivity contribution in [2.75, 3.05) is 24.6 Å². The van der Waals surface area contributed by atoms with Gasteiger partial charge in [0.2, 0.25) is 5.91 Å². The predicted molar refractivity (Wildman–Crippen MR) is 87.6 cm³/mol. The van der Waals surface area contributed by atoms with Gasteiger partial charge >= 0.3 is 0 Å². The minimum absolute atomic E-state index is 0.0770. The highest BCUT2D eigenvalue weighted by molar-refractivity contribution is 7.07. The van der Waals surface area contributed by atoms with Gasteiger partial charge in [-0.05, 0) is 25.2 Å². The van der Waals surface area contributed by atoms with Crippen LogP contribution in [0.1, 0.15) is 12.1 Å². The molecule has 7 heteroatoms. The molecule has 0 fully saturated rings. The molecule has 2 aromatic rings. The van der Waals surface area contributed by atoms with Crippen LogP contribution in [0.2, 0.25) is 5.02 Å². The molecule has 0 aliphatic rings. The third-order valence-corrected chi connectivity index (χ3v) is 3.85. The molecule has 0 aliphatic heterocycles. The summed E-state index contributed by atoms with van der Waals surface area (Å²) in [7, 11) is 1.96. The number of anilines is 2. The molecule has 0 aliphatic carbocycles. The van der Waals surface area contributed by atoms with Crippen LogP contribution >= 0.6 is 22.9 Å². The second-order valence-corrected chi connectivity index (χ2v) is 5.88. The van der Waals surface area contributed by atoms with Crippen molar-refractivity contribution in [3.05, 3.63) is 39.8 Å². The summed E-state index contributed by atoms with van der Waals surface area (Å²) in [4.78, 5) is 18.2. The number of carbonyl (C=O) groups is 1. The van der Waals surface area contributed by atoms with Crippen molar-refractivity contribution in [1.29, 1.82) is 0 Å². The molecule has 0 bridgehead atoms. The number of nitrogens with zero attached hydrogens (tertiary/aromatic N) is 2. The summed E-state index contributed by atoms with van der Waals surface area (Å²) in [5.74, 6) is -0.0770. The first-order valence-corrected chi connectivity index (χ1v) is 7.77. The van der Waals surface area contributed by atoms with Gasteiger partial charge in [0.05, 0.1) is 21.9 Å². The second-order valence-electron chi connectivity index (χ2n) is 4.76. The normalized spacial score (nSPS) is 10.8. The Kier molecular flexibility index (Phi) is 5.55. The number of rotatable bonds is 6. The van der Waals surface area contributed by atoms with Gasteiger partial charge in [-0.3, -0.25) is 4.79 Å². The van der Waals surface area contributed by atoms with Crippen LogP contribution in [0, 0.1) is 0 Å². The van der Waals surface area contributed by atoms with Gasteiger partial charge in [-0.25, -0.2) is 4.98 Å². The fourth-order valence-electron chi connectivity index (χ4n) is 1.81. The van der Waals surface area contributed by atoms with Crippen molar-refractivity contribution in [3.63, 3.8) is 0 Å². The monoisotopic (exact) mass is 324 g/mol. The topological polar surface area (TPSA) is 71.2 Å². The fraction of sp³-hybridized carbons (Fsp3) is 0.286. The van der Waals surface area contributed by atoms with E-state index < -0.39 is 0 Å². The lowest BCUT2D eigenvalue weighted by Gasteiger charge is -2.15. The van der Waals surface area contributed by atoms with Gasteiger partial charge in [-0.2, -0.15) is 0 Å². The number of amides is 1. The summed E-state index contributed by atoms with van der Waals surface area (Å²) >= 11 is 7.59. The third-order valence-electron chi connectivity index (χ3n) is 2.90. The van der Waals surface area contributed by atoms with E-state index in [4.69, 9.17) is 17.3 Å². The van der Waals surface area contributed by atoms with Crippen LogP contribution in [0.4, 0.5) is 11.4 Å². The molecular formula is C14H17ClN4OS. The molecule has 1 heterocycles. The molecular weight excluding hydrogens is 308 g/mol. The molecule has 112 valence electrons. The van der Waals surface area contributed by atoms with Gasteiger partial charge in [0, 0.05) is 30.6 Å². The number of nitrogens with two attached hydrogens (primary N) is 1. The van der Waals surface area contributed by atoms with Gasteiger partial charge < -0.3 is 16.0 Å². The molecule has 0 saturated heterocycles. The molecule has 1 amide bonds. The largest absolute Gasteiger partial charge is 0.399 e. The number of benzene rings is 1. The second kappa shape index (κ2) is 7.40. The zero-order valence-corrected chi connectivity index (χ0v) is 13.2. The number of halogens is 1. The molecule has 1 aromatic carbocycles. The van der Waals surface area contributed by atoms with Crippen LogP contribution in [0.15, 0.2) is 29.1 Å². The molecule has 2 rings (SSSR count). The maximum Gasteiger partial charge on any atom is 0.225 e. The molecule has 5 nitrogen and oxygen atoms in total. The first-order chi connectivity index (χ1) is 10.0. The van der Waals surface area contributed by atoms with E-state index in [2.05, 4.69) is 15.2 Å². The Bertz CT molecular complexity index is 603. The summed E-state index contributed by atoms with van der Waals surface area (Å²) in [5.41, 5.74) is 9.59. The number of hydrogen-bond donors (Lipinski definition) is 2. The quantitative estimate of drug-likeness (QED) is 0.801. The molecule has 1 aromatic heterocycles. The highest BCUT2D eigenvalue weighted by Crippen LogP contribution is 2.24. The molecule has 0 radical (unpaired) electrons. The summed E-state index contributed by atoms with van der Waals surface area (Å²) in [6.07, 6.45) is 0.390. The Morgan fingerprint density at radius 1 is 1.52 bits per heavy atom. The molecule has 0 atom stereocenters. The van der Waals surface area contributed by atoms with Gasteiger partial charge in [0.1, 0.15) is 0 Å². The van der Waals surface area contributed by atoms with Crippen molar-refractivity contribution in [3.8, 4) is 0 Å². The first-order valence-electron chi connectivity index (χ1n) is 6.45. The number of aromatic nitrogens is 1. The average Bonchev–Trinajstić information content (AvgIpc) is 2.92.